The Labute approximate surface area is 218 Å². The molecule has 1 heterocycles. The summed E-state index contributed by atoms with van der Waals surface area (Å²) in [7, 11) is 2.03. The topological polar surface area (TPSA) is 20.2 Å². The van der Waals surface area contributed by atoms with Crippen LogP contribution in [0.4, 0.5) is 37.2 Å². The first-order chi connectivity index (χ1) is 18.0. The van der Waals surface area contributed by atoms with Gasteiger partial charge < -0.3 is 14.8 Å². The zero-order valence-corrected chi connectivity index (χ0v) is 20.7. The number of anilines is 5. The van der Waals surface area contributed by atoms with Gasteiger partial charge >= 0.3 is 0 Å². The number of hydrogen-bond acceptors (Lipinski definition) is 2. The maximum atomic E-state index is 14.5. The molecule has 0 bridgehead atoms. The minimum Gasteiger partial charge on any atom is -0.354 e. The second kappa shape index (κ2) is 9.26. The Morgan fingerprint density at radius 3 is 2.19 bits per heavy atom. The van der Waals surface area contributed by atoms with E-state index in [2.05, 4.69) is 28.1 Å². The third-order valence-corrected chi connectivity index (χ3v) is 6.93. The van der Waals surface area contributed by atoms with Crippen LogP contribution in [0.2, 0.25) is 5.02 Å². The Kier molecular flexibility index (Phi) is 5.78. The van der Waals surface area contributed by atoms with Crippen LogP contribution < -0.4 is 10.2 Å². The van der Waals surface area contributed by atoms with Crippen LogP contribution in [0.15, 0.2) is 109 Å². The maximum absolute atomic E-state index is 14.5. The number of aryl methyl sites for hydroxylation is 1. The molecule has 0 aliphatic heterocycles. The molecule has 5 aromatic carbocycles. The van der Waals surface area contributed by atoms with E-state index in [1.807, 2.05) is 60.5 Å². The number of halogens is 3. The van der Waals surface area contributed by atoms with E-state index in [1.165, 1.54) is 24.3 Å². The molecule has 6 heteroatoms. The molecule has 0 saturated carbocycles. The summed E-state index contributed by atoms with van der Waals surface area (Å²) in [6, 6.07) is 32.6. The van der Waals surface area contributed by atoms with Crippen LogP contribution in [-0.4, -0.2) is 4.57 Å². The average molecular weight is 510 g/mol. The van der Waals surface area contributed by atoms with Gasteiger partial charge in [-0.15, -0.1) is 0 Å². The van der Waals surface area contributed by atoms with Gasteiger partial charge in [-0.2, -0.15) is 0 Å². The van der Waals surface area contributed by atoms with E-state index in [1.54, 1.807) is 18.2 Å². The van der Waals surface area contributed by atoms with E-state index in [4.69, 9.17) is 11.6 Å². The highest BCUT2D eigenvalue weighted by molar-refractivity contribution is 6.36. The lowest BCUT2D eigenvalue weighted by Crippen LogP contribution is -2.12. The molecule has 6 aromatic rings. The normalized spacial score (nSPS) is 11.2. The van der Waals surface area contributed by atoms with E-state index >= 15 is 0 Å². The molecule has 6 rings (SSSR count). The van der Waals surface area contributed by atoms with Crippen LogP contribution >= 0.6 is 11.6 Å². The van der Waals surface area contributed by atoms with Crippen molar-refractivity contribution in [2.24, 2.45) is 7.05 Å². The quantitative estimate of drug-likeness (QED) is 0.250. The molecule has 0 aliphatic carbocycles. The molecule has 37 heavy (non-hydrogen) atoms. The van der Waals surface area contributed by atoms with Gasteiger partial charge in [0.15, 0.2) is 0 Å². The first-order valence-corrected chi connectivity index (χ1v) is 12.2. The molecular weight excluding hydrogens is 488 g/mol. The van der Waals surface area contributed by atoms with Crippen LogP contribution in [0.5, 0.6) is 0 Å². The fourth-order valence-electron chi connectivity index (χ4n) is 4.93. The standard InChI is InChI=1S/C31H22ClF2N3/c1-36-27-15-3-2-12-24(27)25-13-6-17-29(31(25)36)37(23-11-5-9-21(34)19-23)28-16-7-14-26(30(28)32)35-22-10-4-8-20(33)18-22/h2-19,35H,1H3. The van der Waals surface area contributed by atoms with Gasteiger partial charge in [0.1, 0.15) is 11.6 Å². The third-order valence-electron chi connectivity index (χ3n) is 6.54. The minimum atomic E-state index is -0.350. The summed E-state index contributed by atoms with van der Waals surface area (Å²) in [5.74, 6) is -0.696. The number of aromatic nitrogens is 1. The van der Waals surface area contributed by atoms with E-state index in [0.717, 1.165) is 27.5 Å². The van der Waals surface area contributed by atoms with E-state index in [0.29, 0.717) is 27.8 Å². The minimum absolute atomic E-state index is 0.346. The number of benzene rings is 5. The molecule has 0 radical (unpaired) electrons. The van der Waals surface area contributed by atoms with E-state index < -0.39 is 0 Å². The predicted molar refractivity (Wildman–Crippen MR) is 150 cm³/mol. The van der Waals surface area contributed by atoms with Gasteiger partial charge in [0.25, 0.3) is 0 Å². The highest BCUT2D eigenvalue weighted by Gasteiger charge is 2.22. The average Bonchev–Trinajstić information content (AvgIpc) is 3.19. The number of hydrogen-bond donors (Lipinski definition) is 1. The summed E-state index contributed by atoms with van der Waals surface area (Å²) in [5, 5.41) is 5.86. The number of fused-ring (bicyclic) bond motifs is 3. The van der Waals surface area contributed by atoms with Crippen molar-refractivity contribution in [3.8, 4) is 0 Å². The van der Waals surface area contributed by atoms with Crippen LogP contribution in [0.25, 0.3) is 21.8 Å². The lowest BCUT2D eigenvalue weighted by molar-refractivity contribution is 0.628. The largest absolute Gasteiger partial charge is 0.354 e. The van der Waals surface area contributed by atoms with Crippen molar-refractivity contribution in [1.29, 1.82) is 0 Å². The maximum Gasteiger partial charge on any atom is 0.125 e. The van der Waals surface area contributed by atoms with Crippen molar-refractivity contribution in [3.05, 3.63) is 126 Å². The Morgan fingerprint density at radius 1 is 0.703 bits per heavy atom. The second-order valence-electron chi connectivity index (χ2n) is 8.84. The fraction of sp³-hybridized carbons (Fsp3) is 0.0323. The zero-order chi connectivity index (χ0) is 25.5. The first-order valence-electron chi connectivity index (χ1n) is 11.8. The molecule has 0 saturated heterocycles. The molecule has 182 valence electrons. The number of para-hydroxylation sites is 2. The zero-order valence-electron chi connectivity index (χ0n) is 19.9. The predicted octanol–water partition coefficient (Wildman–Crippen LogP) is 9.48. The highest BCUT2D eigenvalue weighted by Crippen LogP contribution is 2.46. The molecule has 0 unspecified atom stereocenters. The summed E-state index contributed by atoms with van der Waals surface area (Å²) in [4.78, 5) is 1.96. The van der Waals surface area contributed by atoms with Gasteiger partial charge in [0, 0.05) is 34.7 Å². The smallest absolute Gasteiger partial charge is 0.125 e. The van der Waals surface area contributed by atoms with Gasteiger partial charge in [-0.1, -0.05) is 60.1 Å². The Balaban J connectivity index is 1.59. The second-order valence-corrected chi connectivity index (χ2v) is 9.22. The van der Waals surface area contributed by atoms with E-state index in [9.17, 15) is 8.78 Å². The molecule has 1 aromatic heterocycles. The molecular formula is C31H22ClF2N3. The van der Waals surface area contributed by atoms with Crippen molar-refractivity contribution in [2.75, 3.05) is 10.2 Å². The molecule has 0 fully saturated rings. The van der Waals surface area contributed by atoms with Crippen molar-refractivity contribution in [1.82, 2.24) is 4.57 Å². The SMILES string of the molecule is Cn1c2ccccc2c2cccc(N(c3cccc(F)c3)c3cccc(Nc4cccc(F)c4)c3Cl)c21. The Hall–Kier alpha value is -4.35. The van der Waals surface area contributed by atoms with Gasteiger partial charge in [-0.25, -0.2) is 8.78 Å². The van der Waals surface area contributed by atoms with Gasteiger partial charge in [0.2, 0.25) is 0 Å². The summed E-state index contributed by atoms with van der Waals surface area (Å²) in [6.07, 6.45) is 0. The van der Waals surface area contributed by atoms with Crippen LogP contribution in [-0.2, 0) is 7.05 Å². The van der Waals surface area contributed by atoms with Gasteiger partial charge in [-0.3, -0.25) is 0 Å². The highest BCUT2D eigenvalue weighted by atomic mass is 35.5. The van der Waals surface area contributed by atoms with Crippen molar-refractivity contribution in [2.45, 2.75) is 0 Å². The summed E-state index contributed by atoms with van der Waals surface area (Å²) in [5.41, 5.74) is 5.41. The van der Waals surface area contributed by atoms with Crippen LogP contribution in [0.1, 0.15) is 0 Å². The van der Waals surface area contributed by atoms with Gasteiger partial charge in [0.05, 0.1) is 27.6 Å². The molecule has 0 spiro atoms. The third kappa shape index (κ3) is 4.07. The summed E-state index contributed by atoms with van der Waals surface area (Å²) >= 11 is 7.00. The molecule has 0 amide bonds. The lowest BCUT2D eigenvalue weighted by atomic mass is 10.1. The number of rotatable bonds is 5. The monoisotopic (exact) mass is 509 g/mol. The number of nitrogens with one attached hydrogen (secondary N) is 1. The number of nitrogens with zero attached hydrogens (tertiary/aromatic N) is 2. The Bertz CT molecular complexity index is 1780. The van der Waals surface area contributed by atoms with Crippen LogP contribution in [0.3, 0.4) is 0 Å². The molecule has 1 N–H and O–H groups in total. The lowest BCUT2D eigenvalue weighted by Gasteiger charge is -2.28. The van der Waals surface area contributed by atoms with Crippen molar-refractivity contribution < 1.29 is 8.78 Å². The van der Waals surface area contributed by atoms with Gasteiger partial charge in [-0.05, 0) is 60.7 Å². The molecule has 0 atom stereocenters. The first kappa shape index (κ1) is 23.1. The molecule has 0 aliphatic rings. The van der Waals surface area contributed by atoms with Crippen LogP contribution in [0, 0.1) is 11.6 Å². The van der Waals surface area contributed by atoms with E-state index in [-0.39, 0.29) is 11.6 Å². The van der Waals surface area contributed by atoms with Crippen molar-refractivity contribution in [3.63, 3.8) is 0 Å². The molecule has 3 nitrogen and oxygen atoms in total. The fourth-order valence-corrected chi connectivity index (χ4v) is 5.19. The summed E-state index contributed by atoms with van der Waals surface area (Å²) < 4.78 is 30.5. The van der Waals surface area contributed by atoms with Crippen molar-refractivity contribution >= 4 is 61.8 Å². The summed E-state index contributed by atoms with van der Waals surface area (Å²) in [6.45, 7) is 0. The Morgan fingerprint density at radius 2 is 1.38 bits per heavy atom.